The van der Waals surface area contributed by atoms with Gasteiger partial charge in [-0.15, -0.1) is 0 Å². The molecule has 3 nitrogen and oxygen atoms in total. The minimum Gasteiger partial charge on any atom is -0.393 e. The van der Waals surface area contributed by atoms with Crippen molar-refractivity contribution in [2.45, 2.75) is 51.2 Å². The Hall–Kier alpha value is -0.410. The van der Waals surface area contributed by atoms with Gasteiger partial charge in [-0.2, -0.15) is 0 Å². The number of nitrogens with zero attached hydrogens (tertiary/aromatic N) is 1. The van der Waals surface area contributed by atoms with Gasteiger partial charge in [0.15, 0.2) is 0 Å². The summed E-state index contributed by atoms with van der Waals surface area (Å²) in [4.78, 5) is 13.8. The van der Waals surface area contributed by atoms with Crippen molar-refractivity contribution in [1.82, 2.24) is 4.90 Å². The van der Waals surface area contributed by atoms with Gasteiger partial charge in [-0.25, -0.2) is 0 Å². The summed E-state index contributed by atoms with van der Waals surface area (Å²) in [6.07, 6.45) is 4.46. The number of ketones is 1. The lowest BCUT2D eigenvalue weighted by Crippen LogP contribution is -2.48. The van der Waals surface area contributed by atoms with Crippen LogP contribution < -0.4 is 0 Å². The van der Waals surface area contributed by atoms with Crippen LogP contribution >= 0.6 is 0 Å². The van der Waals surface area contributed by atoms with Gasteiger partial charge in [0.25, 0.3) is 0 Å². The Labute approximate surface area is 91.5 Å². The summed E-state index contributed by atoms with van der Waals surface area (Å²) in [6, 6.07) is 0.459. The van der Waals surface area contributed by atoms with Crippen LogP contribution in [0.2, 0.25) is 0 Å². The molecule has 0 aromatic carbocycles. The second-order valence-electron chi connectivity index (χ2n) is 5.12. The first-order valence-electron chi connectivity index (χ1n) is 6.10. The fourth-order valence-electron chi connectivity index (χ4n) is 2.81. The van der Waals surface area contributed by atoms with Crippen molar-refractivity contribution >= 4 is 5.78 Å². The molecular weight excluding hydrogens is 190 g/mol. The van der Waals surface area contributed by atoms with E-state index in [1.165, 1.54) is 0 Å². The van der Waals surface area contributed by atoms with Gasteiger partial charge in [-0.1, -0.05) is 6.92 Å². The summed E-state index contributed by atoms with van der Waals surface area (Å²) >= 11 is 0. The molecule has 3 atom stereocenters. The number of aliphatic hydroxyl groups is 1. The quantitative estimate of drug-likeness (QED) is 0.708. The van der Waals surface area contributed by atoms with Crippen LogP contribution in [-0.4, -0.2) is 41.0 Å². The molecule has 15 heavy (non-hydrogen) atoms. The van der Waals surface area contributed by atoms with Gasteiger partial charge >= 0.3 is 0 Å². The normalized spacial score (nSPS) is 39.3. The maximum atomic E-state index is 11.4. The van der Waals surface area contributed by atoms with Gasteiger partial charge in [0.1, 0.15) is 5.78 Å². The van der Waals surface area contributed by atoms with Gasteiger partial charge in [0, 0.05) is 32.0 Å². The number of aliphatic hydroxyl groups excluding tert-OH is 1. The van der Waals surface area contributed by atoms with Crippen LogP contribution in [0.5, 0.6) is 0 Å². The highest BCUT2D eigenvalue weighted by molar-refractivity contribution is 5.79. The fraction of sp³-hybridized carbons (Fsp3) is 0.917. The Balaban J connectivity index is 1.90. The molecule has 86 valence electrons. The number of Topliss-reactive ketones (excluding diaryl/α,β-unsaturated/α-hetero) is 1. The first-order valence-corrected chi connectivity index (χ1v) is 6.10. The van der Waals surface area contributed by atoms with Gasteiger partial charge in [0.2, 0.25) is 0 Å². The molecule has 3 unspecified atom stereocenters. The highest BCUT2D eigenvalue weighted by Crippen LogP contribution is 2.25. The molecule has 1 aliphatic carbocycles. The zero-order chi connectivity index (χ0) is 10.8. The van der Waals surface area contributed by atoms with E-state index >= 15 is 0 Å². The Morgan fingerprint density at radius 3 is 2.87 bits per heavy atom. The molecule has 3 heteroatoms. The zero-order valence-electron chi connectivity index (χ0n) is 9.48. The standard InChI is InChI=1S/C12H21NO2/c1-9-8-13(6-5-12(9)15)10-3-2-4-11(14)7-10/h9-10,12,15H,2-8H2,1H3. The molecule has 0 radical (unpaired) electrons. The highest BCUT2D eigenvalue weighted by Gasteiger charge is 2.31. The number of hydrogen-bond acceptors (Lipinski definition) is 3. The number of carbonyl (C=O) groups is 1. The molecule has 2 aliphatic rings. The molecular formula is C12H21NO2. The van der Waals surface area contributed by atoms with Crippen molar-refractivity contribution in [2.24, 2.45) is 5.92 Å². The third-order valence-electron chi connectivity index (χ3n) is 3.86. The SMILES string of the molecule is CC1CN(C2CCCC(=O)C2)CCC1O. The van der Waals surface area contributed by atoms with E-state index in [2.05, 4.69) is 11.8 Å². The predicted molar refractivity (Wildman–Crippen MR) is 58.6 cm³/mol. The van der Waals surface area contributed by atoms with E-state index in [1.54, 1.807) is 0 Å². The molecule has 1 aliphatic heterocycles. The number of piperidine rings is 1. The maximum Gasteiger partial charge on any atom is 0.134 e. The summed E-state index contributed by atoms with van der Waals surface area (Å²) in [5.74, 6) is 0.779. The summed E-state index contributed by atoms with van der Waals surface area (Å²) in [7, 11) is 0. The smallest absolute Gasteiger partial charge is 0.134 e. The number of hydrogen-bond donors (Lipinski definition) is 1. The monoisotopic (exact) mass is 211 g/mol. The topological polar surface area (TPSA) is 40.5 Å². The molecule has 1 heterocycles. The summed E-state index contributed by atoms with van der Waals surface area (Å²) in [6.45, 7) is 4.02. The minimum absolute atomic E-state index is 0.138. The van der Waals surface area contributed by atoms with E-state index in [4.69, 9.17) is 0 Å². The lowest BCUT2D eigenvalue weighted by molar-refractivity contribution is -0.122. The lowest BCUT2D eigenvalue weighted by Gasteiger charge is -2.40. The zero-order valence-corrected chi connectivity index (χ0v) is 9.48. The van der Waals surface area contributed by atoms with Crippen LogP contribution in [0.25, 0.3) is 0 Å². The van der Waals surface area contributed by atoms with Gasteiger partial charge in [0.05, 0.1) is 6.10 Å². The number of likely N-dealkylation sites (tertiary alicyclic amines) is 1. The van der Waals surface area contributed by atoms with Crippen LogP contribution in [0.15, 0.2) is 0 Å². The van der Waals surface area contributed by atoms with Crippen molar-refractivity contribution in [3.8, 4) is 0 Å². The third kappa shape index (κ3) is 2.58. The van der Waals surface area contributed by atoms with Crippen molar-refractivity contribution in [3.63, 3.8) is 0 Å². The molecule has 1 saturated heterocycles. The summed E-state index contributed by atoms with van der Waals surface area (Å²) in [5, 5.41) is 9.65. The molecule has 1 N–H and O–H groups in total. The first kappa shape index (κ1) is 11.1. The highest BCUT2D eigenvalue weighted by atomic mass is 16.3. The van der Waals surface area contributed by atoms with Gasteiger partial charge in [-0.05, 0) is 25.2 Å². The molecule has 2 rings (SSSR count). The first-order chi connectivity index (χ1) is 7.16. The van der Waals surface area contributed by atoms with Crippen molar-refractivity contribution in [3.05, 3.63) is 0 Å². The molecule has 0 bridgehead atoms. The average molecular weight is 211 g/mol. The Morgan fingerprint density at radius 1 is 1.40 bits per heavy atom. The number of carbonyl (C=O) groups excluding carboxylic acids is 1. The average Bonchev–Trinajstić information content (AvgIpc) is 2.22. The van der Waals surface area contributed by atoms with E-state index in [0.717, 1.165) is 45.2 Å². The van der Waals surface area contributed by atoms with Crippen molar-refractivity contribution in [1.29, 1.82) is 0 Å². The van der Waals surface area contributed by atoms with Crippen LogP contribution in [0, 0.1) is 5.92 Å². The summed E-state index contributed by atoms with van der Waals surface area (Å²) in [5.41, 5.74) is 0. The fourth-order valence-corrected chi connectivity index (χ4v) is 2.81. The second kappa shape index (κ2) is 4.62. The van der Waals surface area contributed by atoms with Gasteiger partial charge < -0.3 is 5.11 Å². The molecule has 0 aromatic rings. The molecule has 0 spiro atoms. The van der Waals surface area contributed by atoms with E-state index in [0.29, 0.717) is 17.7 Å². The minimum atomic E-state index is -0.138. The molecule has 0 aromatic heterocycles. The Morgan fingerprint density at radius 2 is 2.20 bits per heavy atom. The molecule has 2 fully saturated rings. The van der Waals surface area contributed by atoms with Gasteiger partial charge in [-0.3, -0.25) is 9.69 Å². The molecule has 1 saturated carbocycles. The van der Waals surface area contributed by atoms with E-state index in [-0.39, 0.29) is 6.10 Å². The summed E-state index contributed by atoms with van der Waals surface area (Å²) < 4.78 is 0. The van der Waals surface area contributed by atoms with E-state index in [9.17, 15) is 9.90 Å². The van der Waals surface area contributed by atoms with Crippen molar-refractivity contribution in [2.75, 3.05) is 13.1 Å². The lowest BCUT2D eigenvalue weighted by atomic mass is 9.89. The second-order valence-corrected chi connectivity index (χ2v) is 5.12. The Bertz CT molecular complexity index is 242. The number of rotatable bonds is 1. The largest absolute Gasteiger partial charge is 0.393 e. The van der Waals surface area contributed by atoms with E-state index < -0.39 is 0 Å². The van der Waals surface area contributed by atoms with Crippen LogP contribution in [0.4, 0.5) is 0 Å². The van der Waals surface area contributed by atoms with Crippen LogP contribution in [0.3, 0.4) is 0 Å². The van der Waals surface area contributed by atoms with Crippen LogP contribution in [-0.2, 0) is 4.79 Å². The van der Waals surface area contributed by atoms with E-state index in [1.807, 2.05) is 0 Å². The predicted octanol–water partition coefficient (Wildman–Crippen LogP) is 1.20. The molecule has 0 amide bonds. The maximum absolute atomic E-state index is 11.4. The van der Waals surface area contributed by atoms with Crippen LogP contribution in [0.1, 0.15) is 39.0 Å². The van der Waals surface area contributed by atoms with Crippen molar-refractivity contribution < 1.29 is 9.90 Å². The third-order valence-corrected chi connectivity index (χ3v) is 3.86. The Kier molecular flexibility index (Phi) is 3.42.